The minimum atomic E-state index is -0.119. The number of aromatic nitrogens is 3. The molecule has 3 aliphatic rings. The molecule has 0 saturated heterocycles. The van der Waals surface area contributed by atoms with Crippen LogP contribution in [0.2, 0.25) is 0 Å². The summed E-state index contributed by atoms with van der Waals surface area (Å²) in [5.74, 6) is 0. The summed E-state index contributed by atoms with van der Waals surface area (Å²) < 4.78 is 2.29. The Kier molecular flexibility index (Phi) is 6.14. The first-order valence-corrected chi connectivity index (χ1v) is 19.2. The molecule has 8 aromatic rings. The van der Waals surface area contributed by atoms with Crippen molar-refractivity contribution in [2.75, 3.05) is 0 Å². The molecular weight excluding hydrogens is 655 g/mol. The molecule has 0 N–H and O–H groups in total. The largest absolute Gasteiger partial charge is 0.296 e. The number of hydrogen-bond acceptors (Lipinski definition) is 2. The maximum atomic E-state index is 5.52. The minimum Gasteiger partial charge on any atom is -0.296 e. The zero-order valence-corrected chi connectivity index (χ0v) is 31.6. The lowest BCUT2D eigenvalue weighted by atomic mass is 9.81. The molecule has 2 aromatic heterocycles. The third kappa shape index (κ3) is 4.07. The molecule has 0 fully saturated rings. The summed E-state index contributed by atoms with van der Waals surface area (Å²) in [6.45, 7) is 14.1. The monoisotopic (exact) mass is 695 g/mol. The third-order valence-electron chi connectivity index (χ3n) is 13.1. The van der Waals surface area contributed by atoms with Gasteiger partial charge in [0.15, 0.2) is 5.65 Å². The van der Waals surface area contributed by atoms with Crippen molar-refractivity contribution in [3.05, 3.63) is 173 Å². The maximum absolute atomic E-state index is 5.52. The third-order valence-corrected chi connectivity index (χ3v) is 13.1. The predicted octanol–water partition coefficient (Wildman–Crippen LogP) is 12.6. The van der Waals surface area contributed by atoms with Crippen molar-refractivity contribution >= 4 is 5.65 Å². The van der Waals surface area contributed by atoms with Crippen molar-refractivity contribution in [1.29, 1.82) is 0 Å². The Balaban J connectivity index is 1.13. The Bertz CT molecular complexity index is 2920. The molecule has 0 spiro atoms. The number of fused-ring (bicyclic) bond motifs is 10. The van der Waals surface area contributed by atoms with E-state index in [2.05, 4.69) is 180 Å². The zero-order chi connectivity index (χ0) is 36.7. The van der Waals surface area contributed by atoms with Crippen LogP contribution in [0.25, 0.3) is 72.8 Å². The molecule has 2 heterocycles. The second kappa shape index (κ2) is 10.5. The average Bonchev–Trinajstić information content (AvgIpc) is 3.86. The molecule has 0 unspecified atom stereocenters. The number of benzene rings is 6. The van der Waals surface area contributed by atoms with E-state index in [0.717, 1.165) is 39.4 Å². The quantitative estimate of drug-likeness (QED) is 0.184. The Morgan fingerprint density at radius 3 is 1.35 bits per heavy atom. The van der Waals surface area contributed by atoms with E-state index < -0.39 is 0 Å². The summed E-state index contributed by atoms with van der Waals surface area (Å²) in [5, 5.41) is 0. The number of hydrogen-bond donors (Lipinski definition) is 0. The van der Waals surface area contributed by atoms with Crippen molar-refractivity contribution in [2.24, 2.45) is 0 Å². The van der Waals surface area contributed by atoms with Gasteiger partial charge in [-0.2, -0.15) is 0 Å². The van der Waals surface area contributed by atoms with E-state index in [9.17, 15) is 0 Å². The molecule has 6 aromatic carbocycles. The van der Waals surface area contributed by atoms with Crippen LogP contribution in [-0.4, -0.2) is 14.4 Å². The normalized spacial score (nSPS) is 16.0. The lowest BCUT2D eigenvalue weighted by Gasteiger charge is -2.22. The van der Waals surface area contributed by atoms with Gasteiger partial charge in [-0.3, -0.25) is 4.40 Å². The van der Waals surface area contributed by atoms with E-state index >= 15 is 0 Å². The van der Waals surface area contributed by atoms with Gasteiger partial charge in [0.2, 0.25) is 0 Å². The molecule has 0 bridgehead atoms. The van der Waals surface area contributed by atoms with E-state index in [0.29, 0.717) is 0 Å². The van der Waals surface area contributed by atoms with Crippen LogP contribution >= 0.6 is 0 Å². The van der Waals surface area contributed by atoms with Gasteiger partial charge in [-0.1, -0.05) is 151 Å². The molecule has 11 rings (SSSR count). The highest BCUT2D eigenvalue weighted by Crippen LogP contribution is 2.52. The van der Waals surface area contributed by atoms with Crippen LogP contribution in [0.15, 0.2) is 140 Å². The first-order chi connectivity index (χ1) is 26.0. The van der Waals surface area contributed by atoms with Gasteiger partial charge in [-0.05, 0) is 85.0 Å². The zero-order valence-electron chi connectivity index (χ0n) is 31.6. The van der Waals surface area contributed by atoms with Crippen LogP contribution in [0.5, 0.6) is 0 Å². The van der Waals surface area contributed by atoms with Gasteiger partial charge >= 0.3 is 0 Å². The van der Waals surface area contributed by atoms with Gasteiger partial charge in [0.25, 0.3) is 0 Å². The number of rotatable bonds is 3. The smallest absolute Gasteiger partial charge is 0.164 e. The van der Waals surface area contributed by atoms with Gasteiger partial charge < -0.3 is 0 Å². The van der Waals surface area contributed by atoms with Crippen molar-refractivity contribution in [3.63, 3.8) is 0 Å². The molecular formula is C51H41N3. The molecule has 0 saturated carbocycles. The summed E-state index contributed by atoms with van der Waals surface area (Å²) in [7, 11) is 0. The van der Waals surface area contributed by atoms with E-state index in [1.807, 2.05) is 6.20 Å². The molecule has 260 valence electrons. The molecule has 0 aliphatic heterocycles. The highest BCUT2D eigenvalue weighted by molar-refractivity contribution is 5.89. The fourth-order valence-electron chi connectivity index (χ4n) is 10.1. The fraction of sp³-hybridized carbons (Fsp3) is 0.176. The summed E-state index contributed by atoms with van der Waals surface area (Å²) in [5.41, 5.74) is 22.8. The van der Waals surface area contributed by atoms with E-state index in [1.165, 1.54) is 66.8 Å². The number of nitrogens with zero attached hydrogens (tertiary/aromatic N) is 3. The standard InChI is InChI=1S/C51H41N3/c1-49(2)39-16-10-7-13-33(39)36-22-19-30(25-42(36)49)45-29-54-46(31-20-23-37-34-14-8-11-17-40(34)50(3,4)43(37)26-31)28-52-48(54)47(53-45)32-21-24-38-35-15-9-12-18-41(35)51(5,6)44(38)27-32/h7-29H,1-6H3. The van der Waals surface area contributed by atoms with Crippen LogP contribution in [0.1, 0.15) is 74.9 Å². The van der Waals surface area contributed by atoms with Gasteiger partial charge in [0.1, 0.15) is 5.69 Å². The predicted molar refractivity (Wildman–Crippen MR) is 222 cm³/mol. The molecule has 3 heteroatoms. The lowest BCUT2D eigenvalue weighted by molar-refractivity contribution is 0.660. The van der Waals surface area contributed by atoms with Gasteiger partial charge in [-0.25, -0.2) is 9.97 Å². The van der Waals surface area contributed by atoms with Crippen LogP contribution in [0, 0.1) is 0 Å². The molecule has 0 atom stereocenters. The second-order valence-electron chi connectivity index (χ2n) is 17.1. The van der Waals surface area contributed by atoms with Crippen LogP contribution < -0.4 is 0 Å². The summed E-state index contributed by atoms with van der Waals surface area (Å²) in [6, 6.07) is 47.3. The fourth-order valence-corrected chi connectivity index (χ4v) is 10.1. The molecule has 0 radical (unpaired) electrons. The van der Waals surface area contributed by atoms with Crippen molar-refractivity contribution < 1.29 is 0 Å². The minimum absolute atomic E-state index is 0.0934. The summed E-state index contributed by atoms with van der Waals surface area (Å²) in [6.07, 6.45) is 4.25. The van der Waals surface area contributed by atoms with Crippen molar-refractivity contribution in [3.8, 4) is 67.2 Å². The first kappa shape index (κ1) is 31.5. The summed E-state index contributed by atoms with van der Waals surface area (Å²) in [4.78, 5) is 10.7. The highest BCUT2D eigenvalue weighted by atomic mass is 15.0. The molecule has 3 nitrogen and oxygen atoms in total. The Hall–Kier alpha value is -6.06. The van der Waals surface area contributed by atoms with Gasteiger partial charge in [0, 0.05) is 39.1 Å². The SMILES string of the molecule is CC1(C)c2ccccc2-c2ccc(-c3cn4c(-c5ccc6c(c5)C(C)(C)c5ccccc5-6)cnc4c(-c4ccc5c(c4)C(C)(C)c4ccccc4-5)n3)cc21. The average molecular weight is 696 g/mol. The Morgan fingerprint density at radius 1 is 0.426 bits per heavy atom. The van der Waals surface area contributed by atoms with Crippen molar-refractivity contribution in [2.45, 2.75) is 57.8 Å². The topological polar surface area (TPSA) is 30.2 Å². The highest BCUT2D eigenvalue weighted by Gasteiger charge is 2.38. The lowest BCUT2D eigenvalue weighted by Crippen LogP contribution is -2.15. The Labute approximate surface area is 317 Å². The molecule has 54 heavy (non-hydrogen) atoms. The molecule has 0 amide bonds. The van der Waals surface area contributed by atoms with Crippen LogP contribution in [0.4, 0.5) is 0 Å². The maximum Gasteiger partial charge on any atom is 0.164 e. The van der Waals surface area contributed by atoms with E-state index in [4.69, 9.17) is 9.97 Å². The second-order valence-corrected chi connectivity index (χ2v) is 17.1. The molecule has 3 aliphatic carbocycles. The van der Waals surface area contributed by atoms with Crippen LogP contribution in [0.3, 0.4) is 0 Å². The summed E-state index contributed by atoms with van der Waals surface area (Å²) >= 11 is 0. The number of imidazole rings is 1. The Morgan fingerprint density at radius 2 is 0.833 bits per heavy atom. The van der Waals surface area contributed by atoms with E-state index in [1.54, 1.807) is 0 Å². The van der Waals surface area contributed by atoms with Crippen molar-refractivity contribution in [1.82, 2.24) is 14.4 Å². The van der Waals surface area contributed by atoms with Gasteiger partial charge in [0.05, 0.1) is 17.6 Å². The van der Waals surface area contributed by atoms with Gasteiger partial charge in [-0.15, -0.1) is 0 Å². The van der Waals surface area contributed by atoms with E-state index in [-0.39, 0.29) is 16.2 Å². The van der Waals surface area contributed by atoms with Crippen LogP contribution in [-0.2, 0) is 16.2 Å². The first-order valence-electron chi connectivity index (χ1n) is 19.2.